The van der Waals surface area contributed by atoms with Crippen LogP contribution in [0.25, 0.3) is 0 Å². The maximum absolute atomic E-state index is 11.7. The molecule has 0 fully saturated rings. The van der Waals surface area contributed by atoms with Gasteiger partial charge in [0.15, 0.2) is 0 Å². The summed E-state index contributed by atoms with van der Waals surface area (Å²) in [6, 6.07) is 16.8. The number of hydrogen-bond donors (Lipinski definition) is 1. The van der Waals surface area contributed by atoms with E-state index in [1.807, 2.05) is 54.6 Å². The molecule has 0 aliphatic heterocycles. The molecule has 0 spiro atoms. The Morgan fingerprint density at radius 1 is 0.952 bits per heavy atom. The monoisotopic (exact) mass is 349 g/mol. The van der Waals surface area contributed by atoms with E-state index in [1.54, 1.807) is 0 Å². The van der Waals surface area contributed by atoms with Crippen LogP contribution < -0.4 is 10.1 Å². The second-order valence-corrected chi connectivity index (χ2v) is 5.65. The first kappa shape index (κ1) is 17.2. The molecule has 4 heteroatoms. The quantitative estimate of drug-likeness (QED) is 0.811. The molecule has 0 aromatic heterocycles. The predicted octanol–water partition coefficient (Wildman–Crippen LogP) is 5.17. The largest absolute Gasteiger partial charge is 0.417 e. The lowest BCUT2D eigenvalue weighted by Crippen LogP contribution is -2.17. The number of benzene rings is 2. The summed E-state index contributed by atoms with van der Waals surface area (Å²) in [5, 5.41) is 2.67. The van der Waals surface area contributed by atoms with Crippen molar-refractivity contribution in [2.75, 3.05) is 5.32 Å². The van der Waals surface area contributed by atoms with Crippen LogP contribution >= 0.6 is 17.0 Å². The van der Waals surface area contributed by atoms with E-state index in [9.17, 15) is 4.79 Å². The number of ether oxygens (including phenoxy) is 1. The molecule has 1 amide bonds. The van der Waals surface area contributed by atoms with E-state index in [4.69, 9.17) is 4.74 Å². The second-order valence-electron chi connectivity index (χ2n) is 5.65. The van der Waals surface area contributed by atoms with E-state index in [0.717, 1.165) is 0 Å². The molecule has 3 nitrogen and oxygen atoms in total. The van der Waals surface area contributed by atoms with Gasteiger partial charge in [-0.05, 0) is 35.2 Å². The van der Waals surface area contributed by atoms with Gasteiger partial charge in [-0.3, -0.25) is 5.32 Å². The van der Waals surface area contributed by atoms with Crippen molar-refractivity contribution in [2.24, 2.45) is 0 Å². The number of carbonyl (C=O) groups excluding carboxylic acids is 1. The highest BCUT2D eigenvalue weighted by Gasteiger charge is 2.13. The molecule has 112 valence electrons. The molecule has 0 aliphatic rings. The zero-order chi connectivity index (χ0) is 14.6. The third-order valence-corrected chi connectivity index (χ3v) is 2.95. The topological polar surface area (TPSA) is 38.3 Å². The first-order chi connectivity index (χ1) is 9.45. The number of nitrogens with one attached hydrogen (secondary N) is 1. The van der Waals surface area contributed by atoms with Crippen LogP contribution in [0.2, 0.25) is 0 Å². The standard InChI is InChI=1S/C17H19NO2.BrH/c1-17(2,3)13-9-11-15(12-10-13)20-16(19)18-14-7-5-4-6-8-14;/h4-12H,1-3H3,(H,18,19);1H. The van der Waals surface area contributed by atoms with Gasteiger partial charge in [-0.1, -0.05) is 51.1 Å². The molecule has 1 N–H and O–H groups in total. The van der Waals surface area contributed by atoms with Crippen molar-refractivity contribution in [3.63, 3.8) is 0 Å². The molecule has 21 heavy (non-hydrogen) atoms. The summed E-state index contributed by atoms with van der Waals surface area (Å²) in [6.07, 6.45) is -0.486. The Bertz CT molecular complexity index is 574. The van der Waals surface area contributed by atoms with Gasteiger partial charge >= 0.3 is 6.09 Å². The van der Waals surface area contributed by atoms with Crippen LogP contribution in [0, 0.1) is 0 Å². The van der Waals surface area contributed by atoms with Crippen LogP contribution in [-0.4, -0.2) is 6.09 Å². The van der Waals surface area contributed by atoms with Crippen LogP contribution in [0.4, 0.5) is 10.5 Å². The lowest BCUT2D eigenvalue weighted by molar-refractivity contribution is 0.215. The third-order valence-electron chi connectivity index (χ3n) is 2.95. The number of halogens is 1. The Kier molecular flexibility index (Phi) is 5.97. The van der Waals surface area contributed by atoms with Gasteiger partial charge in [-0.15, -0.1) is 17.0 Å². The first-order valence-electron chi connectivity index (χ1n) is 6.59. The maximum Gasteiger partial charge on any atom is 0.417 e. The lowest BCUT2D eigenvalue weighted by atomic mass is 9.87. The van der Waals surface area contributed by atoms with Gasteiger partial charge in [0.05, 0.1) is 0 Å². The van der Waals surface area contributed by atoms with Gasteiger partial charge in [-0.25, -0.2) is 4.79 Å². The summed E-state index contributed by atoms with van der Waals surface area (Å²) in [5.41, 5.74) is 2.00. The smallest absolute Gasteiger partial charge is 0.410 e. The van der Waals surface area contributed by atoms with Crippen LogP contribution in [-0.2, 0) is 5.41 Å². The minimum Gasteiger partial charge on any atom is -0.410 e. The average Bonchev–Trinajstić information content (AvgIpc) is 2.39. The normalized spacial score (nSPS) is 10.4. The highest BCUT2D eigenvalue weighted by molar-refractivity contribution is 8.93. The number of para-hydroxylation sites is 1. The van der Waals surface area contributed by atoms with E-state index in [-0.39, 0.29) is 22.4 Å². The van der Waals surface area contributed by atoms with Gasteiger partial charge in [0, 0.05) is 5.69 Å². The van der Waals surface area contributed by atoms with Crippen LogP contribution in [0.3, 0.4) is 0 Å². The van der Waals surface area contributed by atoms with E-state index in [2.05, 4.69) is 26.1 Å². The minimum atomic E-state index is -0.486. The van der Waals surface area contributed by atoms with Gasteiger partial charge in [0.1, 0.15) is 5.75 Å². The zero-order valence-corrected chi connectivity index (χ0v) is 14.1. The summed E-state index contributed by atoms with van der Waals surface area (Å²) in [5.74, 6) is 0.534. The molecule has 2 aromatic carbocycles. The van der Waals surface area contributed by atoms with E-state index >= 15 is 0 Å². The van der Waals surface area contributed by atoms with E-state index in [0.29, 0.717) is 11.4 Å². The van der Waals surface area contributed by atoms with Crippen molar-refractivity contribution >= 4 is 28.8 Å². The number of carbonyl (C=O) groups is 1. The SMILES string of the molecule is Br.CC(C)(C)c1ccc(OC(=O)Nc2ccccc2)cc1. The number of rotatable bonds is 2. The minimum absolute atomic E-state index is 0. The summed E-state index contributed by atoms with van der Waals surface area (Å²) >= 11 is 0. The predicted molar refractivity (Wildman–Crippen MR) is 91.6 cm³/mol. The molecule has 0 heterocycles. The molecule has 0 saturated heterocycles. The van der Waals surface area contributed by atoms with Crippen molar-refractivity contribution in [2.45, 2.75) is 26.2 Å². The highest BCUT2D eigenvalue weighted by atomic mass is 79.9. The first-order valence-corrected chi connectivity index (χ1v) is 6.59. The molecular formula is C17H20BrNO2. The summed E-state index contributed by atoms with van der Waals surface area (Å²) in [7, 11) is 0. The average molecular weight is 350 g/mol. The fraction of sp³-hybridized carbons (Fsp3) is 0.235. The molecular weight excluding hydrogens is 330 g/mol. The molecule has 2 rings (SSSR count). The van der Waals surface area contributed by atoms with Crippen molar-refractivity contribution in [3.8, 4) is 5.75 Å². The second kappa shape index (κ2) is 7.27. The molecule has 2 aromatic rings. The lowest BCUT2D eigenvalue weighted by Gasteiger charge is -2.19. The molecule has 0 saturated carbocycles. The van der Waals surface area contributed by atoms with Crippen LogP contribution in [0.1, 0.15) is 26.3 Å². The van der Waals surface area contributed by atoms with Crippen molar-refractivity contribution in [1.29, 1.82) is 0 Å². The Morgan fingerprint density at radius 2 is 1.52 bits per heavy atom. The molecule has 0 aliphatic carbocycles. The van der Waals surface area contributed by atoms with Gasteiger partial charge in [-0.2, -0.15) is 0 Å². The van der Waals surface area contributed by atoms with Crippen molar-refractivity contribution in [3.05, 3.63) is 60.2 Å². The number of amides is 1. The highest BCUT2D eigenvalue weighted by Crippen LogP contribution is 2.24. The fourth-order valence-electron chi connectivity index (χ4n) is 1.79. The summed E-state index contributed by atoms with van der Waals surface area (Å²) in [6.45, 7) is 6.43. The van der Waals surface area contributed by atoms with E-state index in [1.165, 1.54) is 5.56 Å². The fourth-order valence-corrected chi connectivity index (χ4v) is 1.79. The van der Waals surface area contributed by atoms with Crippen molar-refractivity contribution in [1.82, 2.24) is 0 Å². The summed E-state index contributed by atoms with van der Waals surface area (Å²) in [4.78, 5) is 11.7. The van der Waals surface area contributed by atoms with E-state index < -0.39 is 6.09 Å². The van der Waals surface area contributed by atoms with Crippen LogP contribution in [0.5, 0.6) is 5.75 Å². The zero-order valence-electron chi connectivity index (χ0n) is 12.4. The molecule has 0 radical (unpaired) electrons. The Balaban J connectivity index is 0.00000220. The number of hydrogen-bond acceptors (Lipinski definition) is 2. The Labute approximate surface area is 136 Å². The molecule has 0 unspecified atom stereocenters. The Morgan fingerprint density at radius 3 is 2.05 bits per heavy atom. The number of anilines is 1. The Hall–Kier alpha value is -1.81. The van der Waals surface area contributed by atoms with Gasteiger partial charge in [0.25, 0.3) is 0 Å². The third kappa shape index (κ3) is 5.23. The molecule has 0 bridgehead atoms. The van der Waals surface area contributed by atoms with Gasteiger partial charge in [0.2, 0.25) is 0 Å². The van der Waals surface area contributed by atoms with Crippen molar-refractivity contribution < 1.29 is 9.53 Å². The maximum atomic E-state index is 11.7. The van der Waals surface area contributed by atoms with Gasteiger partial charge < -0.3 is 4.74 Å². The summed E-state index contributed by atoms with van der Waals surface area (Å²) < 4.78 is 5.24. The molecule has 0 atom stereocenters. The van der Waals surface area contributed by atoms with Crippen LogP contribution in [0.15, 0.2) is 54.6 Å².